The lowest BCUT2D eigenvalue weighted by atomic mass is 9.76. The van der Waals surface area contributed by atoms with Crippen molar-refractivity contribution >= 4 is 0 Å². The van der Waals surface area contributed by atoms with Crippen molar-refractivity contribution in [2.45, 2.75) is 39.0 Å². The van der Waals surface area contributed by atoms with Crippen LogP contribution in [0, 0.1) is 5.41 Å². The zero-order valence-electron chi connectivity index (χ0n) is 12.7. The van der Waals surface area contributed by atoms with E-state index in [-0.39, 0.29) is 0 Å². The van der Waals surface area contributed by atoms with Crippen molar-refractivity contribution in [1.82, 2.24) is 5.32 Å². The summed E-state index contributed by atoms with van der Waals surface area (Å²) in [5, 5.41) is 3.52. The maximum atomic E-state index is 5.51. The molecule has 0 heterocycles. The van der Waals surface area contributed by atoms with Crippen LogP contribution in [0.3, 0.4) is 0 Å². The lowest BCUT2D eigenvalue weighted by molar-refractivity contribution is 0.0251. The summed E-state index contributed by atoms with van der Waals surface area (Å²) in [7, 11) is 1.68. The summed E-state index contributed by atoms with van der Waals surface area (Å²) in [4.78, 5) is 0. The molecule has 4 nitrogen and oxygen atoms in total. The van der Waals surface area contributed by atoms with Crippen LogP contribution < -0.4 is 5.32 Å². The van der Waals surface area contributed by atoms with Gasteiger partial charge in [0.2, 0.25) is 0 Å². The highest BCUT2D eigenvalue weighted by atomic mass is 16.5. The highest BCUT2D eigenvalue weighted by Gasteiger charge is 2.25. The number of methoxy groups -OCH3 is 1. The lowest BCUT2D eigenvalue weighted by Gasteiger charge is -2.33. The van der Waals surface area contributed by atoms with E-state index in [0.29, 0.717) is 31.8 Å². The molecule has 0 bridgehead atoms. The molecule has 19 heavy (non-hydrogen) atoms. The Morgan fingerprint density at radius 2 is 1.53 bits per heavy atom. The summed E-state index contributed by atoms with van der Waals surface area (Å²) in [5.74, 6) is 0. The number of hydrogen-bond acceptors (Lipinski definition) is 4. The average Bonchev–Trinajstić information content (AvgIpc) is 2.42. The summed E-state index contributed by atoms with van der Waals surface area (Å²) in [6.07, 6.45) is 6.95. The summed E-state index contributed by atoms with van der Waals surface area (Å²) >= 11 is 0. The first kappa shape index (κ1) is 16.9. The highest BCUT2D eigenvalue weighted by Crippen LogP contribution is 2.34. The van der Waals surface area contributed by atoms with E-state index in [9.17, 15) is 0 Å². The van der Waals surface area contributed by atoms with Crippen LogP contribution in [0.15, 0.2) is 0 Å². The molecule has 0 spiro atoms. The Morgan fingerprint density at radius 1 is 0.895 bits per heavy atom. The van der Waals surface area contributed by atoms with Gasteiger partial charge < -0.3 is 19.5 Å². The number of nitrogens with one attached hydrogen (secondary N) is 1. The van der Waals surface area contributed by atoms with Gasteiger partial charge in [-0.25, -0.2) is 0 Å². The zero-order chi connectivity index (χ0) is 13.8. The van der Waals surface area contributed by atoms with Crippen molar-refractivity contribution in [2.24, 2.45) is 5.41 Å². The summed E-state index contributed by atoms with van der Waals surface area (Å²) in [6, 6.07) is 0. The van der Waals surface area contributed by atoms with Crippen molar-refractivity contribution in [3.05, 3.63) is 0 Å². The Balaban J connectivity index is 1.83. The quantitative estimate of drug-likeness (QED) is 0.586. The van der Waals surface area contributed by atoms with Gasteiger partial charge in [-0.1, -0.05) is 26.2 Å². The number of rotatable bonds is 11. The normalized spacial score (nSPS) is 18.6. The molecule has 1 saturated carbocycles. The van der Waals surface area contributed by atoms with Crippen LogP contribution in [0.5, 0.6) is 0 Å². The van der Waals surface area contributed by atoms with Crippen molar-refractivity contribution < 1.29 is 14.2 Å². The molecule has 0 atom stereocenters. The molecule has 0 radical (unpaired) electrons. The van der Waals surface area contributed by atoms with Gasteiger partial charge in [0.25, 0.3) is 0 Å². The zero-order valence-corrected chi connectivity index (χ0v) is 12.7. The molecule has 0 saturated heterocycles. The SMILES string of the molecule is COCCOCCOCCNCC1(C)CCCCC1. The van der Waals surface area contributed by atoms with Crippen LogP contribution in [-0.4, -0.2) is 53.2 Å². The van der Waals surface area contributed by atoms with Gasteiger partial charge >= 0.3 is 0 Å². The van der Waals surface area contributed by atoms with Crippen LogP contribution in [0.25, 0.3) is 0 Å². The molecule has 0 aromatic heterocycles. The minimum absolute atomic E-state index is 0.515. The topological polar surface area (TPSA) is 39.7 Å². The Morgan fingerprint density at radius 3 is 2.21 bits per heavy atom. The molecular weight excluding hydrogens is 242 g/mol. The van der Waals surface area contributed by atoms with Crippen LogP contribution in [0.1, 0.15) is 39.0 Å². The van der Waals surface area contributed by atoms with Crippen LogP contribution >= 0.6 is 0 Å². The predicted molar refractivity (Wildman–Crippen MR) is 77.6 cm³/mol. The van der Waals surface area contributed by atoms with Crippen molar-refractivity contribution in [1.29, 1.82) is 0 Å². The van der Waals surface area contributed by atoms with E-state index in [1.807, 2.05) is 0 Å². The standard InChI is InChI=1S/C15H31NO3/c1-15(6-4-3-5-7-15)14-16-8-9-18-12-13-19-11-10-17-2/h16H,3-14H2,1-2H3. The minimum Gasteiger partial charge on any atom is -0.382 e. The van der Waals surface area contributed by atoms with Gasteiger partial charge in [0.15, 0.2) is 0 Å². The Bertz CT molecular complexity index is 206. The fourth-order valence-corrected chi connectivity index (χ4v) is 2.58. The Kier molecular flexibility index (Phi) is 9.43. The summed E-state index contributed by atoms with van der Waals surface area (Å²) in [5.41, 5.74) is 0.515. The fraction of sp³-hybridized carbons (Fsp3) is 1.00. The third kappa shape index (κ3) is 8.58. The maximum absolute atomic E-state index is 5.51. The first-order valence-electron chi connectivity index (χ1n) is 7.62. The van der Waals surface area contributed by atoms with Crippen LogP contribution in [-0.2, 0) is 14.2 Å². The van der Waals surface area contributed by atoms with Gasteiger partial charge in [-0.3, -0.25) is 0 Å². The Hall–Kier alpha value is -0.160. The van der Waals surface area contributed by atoms with Crippen LogP contribution in [0.4, 0.5) is 0 Å². The van der Waals surface area contributed by atoms with Crippen LogP contribution in [0.2, 0.25) is 0 Å². The first-order chi connectivity index (χ1) is 9.27. The van der Waals surface area contributed by atoms with E-state index >= 15 is 0 Å². The molecule has 0 aromatic carbocycles. The number of ether oxygens (including phenoxy) is 3. The van der Waals surface area contributed by atoms with Gasteiger partial charge in [-0.2, -0.15) is 0 Å². The average molecular weight is 273 g/mol. The van der Waals surface area contributed by atoms with Gasteiger partial charge in [0.05, 0.1) is 33.0 Å². The molecular formula is C15H31NO3. The second kappa shape index (κ2) is 10.6. The molecule has 114 valence electrons. The van der Waals surface area contributed by atoms with E-state index in [2.05, 4.69) is 12.2 Å². The fourth-order valence-electron chi connectivity index (χ4n) is 2.58. The van der Waals surface area contributed by atoms with Gasteiger partial charge in [0.1, 0.15) is 0 Å². The molecule has 0 amide bonds. The largest absolute Gasteiger partial charge is 0.382 e. The third-order valence-electron chi connectivity index (χ3n) is 3.84. The Labute approximate surface area is 118 Å². The molecule has 0 aliphatic heterocycles. The smallest absolute Gasteiger partial charge is 0.0701 e. The van der Waals surface area contributed by atoms with Gasteiger partial charge in [-0.15, -0.1) is 0 Å². The summed E-state index contributed by atoms with van der Waals surface area (Å²) < 4.78 is 15.7. The van der Waals surface area contributed by atoms with E-state index < -0.39 is 0 Å². The highest BCUT2D eigenvalue weighted by molar-refractivity contribution is 4.80. The van der Waals surface area contributed by atoms with E-state index in [1.165, 1.54) is 32.1 Å². The van der Waals surface area contributed by atoms with Gasteiger partial charge in [0, 0.05) is 20.2 Å². The second-order valence-corrected chi connectivity index (χ2v) is 5.77. The molecule has 1 aliphatic rings. The summed E-state index contributed by atoms with van der Waals surface area (Å²) in [6.45, 7) is 7.86. The predicted octanol–water partition coefficient (Wildman–Crippen LogP) is 2.23. The first-order valence-corrected chi connectivity index (χ1v) is 7.62. The molecule has 0 unspecified atom stereocenters. The minimum atomic E-state index is 0.515. The molecule has 1 aliphatic carbocycles. The second-order valence-electron chi connectivity index (χ2n) is 5.77. The molecule has 1 N–H and O–H groups in total. The van der Waals surface area contributed by atoms with E-state index in [1.54, 1.807) is 7.11 Å². The third-order valence-corrected chi connectivity index (χ3v) is 3.84. The van der Waals surface area contributed by atoms with E-state index in [0.717, 1.165) is 19.7 Å². The number of hydrogen-bond donors (Lipinski definition) is 1. The maximum Gasteiger partial charge on any atom is 0.0701 e. The van der Waals surface area contributed by atoms with Crippen molar-refractivity contribution in [2.75, 3.05) is 53.2 Å². The van der Waals surface area contributed by atoms with Crippen molar-refractivity contribution in [3.8, 4) is 0 Å². The molecule has 1 fully saturated rings. The lowest BCUT2D eigenvalue weighted by Crippen LogP contribution is -2.35. The molecule has 0 aromatic rings. The molecule has 1 rings (SSSR count). The molecule has 4 heteroatoms. The monoisotopic (exact) mass is 273 g/mol. The van der Waals surface area contributed by atoms with Gasteiger partial charge in [-0.05, 0) is 18.3 Å². The van der Waals surface area contributed by atoms with E-state index in [4.69, 9.17) is 14.2 Å². The van der Waals surface area contributed by atoms with Crippen molar-refractivity contribution in [3.63, 3.8) is 0 Å².